The van der Waals surface area contributed by atoms with E-state index in [2.05, 4.69) is 35.8 Å². The molecule has 0 aromatic carbocycles. The normalized spacial score (nSPS) is 32.8. The van der Waals surface area contributed by atoms with Crippen LogP contribution in [0.25, 0.3) is 0 Å². The second-order valence-electron chi connectivity index (χ2n) is 4.94. The van der Waals surface area contributed by atoms with E-state index in [1.54, 1.807) is 0 Å². The molecule has 1 N–H and O–H groups in total. The van der Waals surface area contributed by atoms with Crippen molar-refractivity contribution in [2.75, 3.05) is 17.3 Å². The van der Waals surface area contributed by atoms with Crippen LogP contribution in [0.3, 0.4) is 0 Å². The van der Waals surface area contributed by atoms with Gasteiger partial charge in [-0.15, -0.1) is 0 Å². The third-order valence-electron chi connectivity index (χ3n) is 3.75. The van der Waals surface area contributed by atoms with Gasteiger partial charge in [-0.2, -0.15) is 23.5 Å². The Balaban J connectivity index is 1.80. The quantitative estimate of drug-likeness (QED) is 0.829. The van der Waals surface area contributed by atoms with E-state index in [-0.39, 0.29) is 0 Å². The number of hydrogen-bond acceptors (Lipinski definition) is 3. The van der Waals surface area contributed by atoms with Gasteiger partial charge in [0.1, 0.15) is 0 Å². The molecule has 1 nitrogen and oxygen atoms in total. The zero-order valence-electron chi connectivity index (χ0n) is 10.4. The van der Waals surface area contributed by atoms with Crippen LogP contribution in [0.5, 0.6) is 0 Å². The molecule has 16 heavy (non-hydrogen) atoms. The van der Waals surface area contributed by atoms with E-state index in [9.17, 15) is 0 Å². The monoisotopic (exact) mass is 259 g/mol. The van der Waals surface area contributed by atoms with Crippen LogP contribution in [-0.2, 0) is 0 Å². The third kappa shape index (κ3) is 3.85. The van der Waals surface area contributed by atoms with Crippen LogP contribution in [0.15, 0.2) is 0 Å². The summed E-state index contributed by atoms with van der Waals surface area (Å²) in [4.78, 5) is 0. The molecule has 94 valence electrons. The molecule has 1 saturated carbocycles. The fourth-order valence-corrected chi connectivity index (χ4v) is 5.18. The minimum absolute atomic E-state index is 0.812. The van der Waals surface area contributed by atoms with Gasteiger partial charge < -0.3 is 5.32 Å². The molecule has 1 heterocycles. The summed E-state index contributed by atoms with van der Waals surface area (Å²) in [6, 6.07) is 1.64. The van der Waals surface area contributed by atoms with Gasteiger partial charge in [0.2, 0.25) is 0 Å². The van der Waals surface area contributed by atoms with Crippen molar-refractivity contribution in [3.63, 3.8) is 0 Å². The van der Waals surface area contributed by atoms with Gasteiger partial charge in [-0.1, -0.05) is 19.8 Å². The Hall–Kier alpha value is 0.660. The van der Waals surface area contributed by atoms with Crippen LogP contribution in [0.2, 0.25) is 0 Å². The first-order valence-corrected chi connectivity index (χ1v) is 9.06. The highest BCUT2D eigenvalue weighted by molar-refractivity contribution is 8.00. The molecular weight excluding hydrogens is 234 g/mol. The first-order valence-electron chi connectivity index (χ1n) is 6.85. The Kier molecular flexibility index (Phi) is 5.87. The smallest absolute Gasteiger partial charge is 0.0201 e. The molecule has 2 atom stereocenters. The van der Waals surface area contributed by atoms with E-state index in [4.69, 9.17) is 0 Å². The molecule has 0 amide bonds. The van der Waals surface area contributed by atoms with Gasteiger partial charge in [-0.3, -0.25) is 0 Å². The lowest BCUT2D eigenvalue weighted by molar-refractivity contribution is 0.334. The number of hydrogen-bond donors (Lipinski definition) is 1. The predicted molar refractivity (Wildman–Crippen MR) is 77.7 cm³/mol. The van der Waals surface area contributed by atoms with Gasteiger partial charge in [0, 0.05) is 17.3 Å². The SMILES string of the molecule is CCSC1CCCCC1NC1CCSCC1. The Morgan fingerprint density at radius 2 is 1.88 bits per heavy atom. The molecule has 2 aliphatic rings. The lowest BCUT2D eigenvalue weighted by Gasteiger charge is -2.36. The lowest BCUT2D eigenvalue weighted by atomic mass is 9.93. The van der Waals surface area contributed by atoms with Crippen molar-refractivity contribution in [1.29, 1.82) is 0 Å². The Labute approximate surface area is 109 Å². The highest BCUT2D eigenvalue weighted by atomic mass is 32.2. The van der Waals surface area contributed by atoms with E-state index in [1.165, 1.54) is 55.8 Å². The van der Waals surface area contributed by atoms with Crippen molar-refractivity contribution in [1.82, 2.24) is 5.32 Å². The standard InChI is InChI=1S/C13H25NS2/c1-2-16-13-6-4-3-5-12(13)14-11-7-9-15-10-8-11/h11-14H,2-10H2,1H3. The minimum atomic E-state index is 0.812. The summed E-state index contributed by atoms with van der Waals surface area (Å²) in [5.41, 5.74) is 0. The molecular formula is C13H25NS2. The first-order chi connectivity index (χ1) is 7.90. The average molecular weight is 259 g/mol. The van der Waals surface area contributed by atoms with Crippen LogP contribution < -0.4 is 5.32 Å². The lowest BCUT2D eigenvalue weighted by Crippen LogP contribution is -2.47. The van der Waals surface area contributed by atoms with Crippen molar-refractivity contribution in [2.24, 2.45) is 0 Å². The first kappa shape index (κ1) is 13.1. The molecule has 1 saturated heterocycles. The highest BCUT2D eigenvalue weighted by Crippen LogP contribution is 2.30. The molecule has 2 unspecified atom stereocenters. The third-order valence-corrected chi connectivity index (χ3v) is 6.13. The van der Waals surface area contributed by atoms with E-state index >= 15 is 0 Å². The van der Waals surface area contributed by atoms with Crippen LogP contribution >= 0.6 is 23.5 Å². The summed E-state index contributed by atoms with van der Waals surface area (Å²) in [6.45, 7) is 2.30. The Morgan fingerprint density at radius 3 is 2.62 bits per heavy atom. The zero-order valence-corrected chi connectivity index (χ0v) is 12.0. The molecule has 0 radical (unpaired) electrons. The molecule has 2 fully saturated rings. The maximum Gasteiger partial charge on any atom is 0.0201 e. The van der Waals surface area contributed by atoms with Gasteiger partial charge in [0.15, 0.2) is 0 Å². The average Bonchev–Trinajstić information content (AvgIpc) is 2.33. The molecule has 1 aliphatic heterocycles. The van der Waals surface area contributed by atoms with Crippen molar-refractivity contribution >= 4 is 23.5 Å². The molecule has 3 heteroatoms. The summed E-state index contributed by atoms with van der Waals surface area (Å²) < 4.78 is 0. The van der Waals surface area contributed by atoms with Crippen LogP contribution in [0.4, 0.5) is 0 Å². The molecule has 1 aliphatic carbocycles. The van der Waals surface area contributed by atoms with Crippen molar-refractivity contribution in [3.8, 4) is 0 Å². The van der Waals surface area contributed by atoms with Crippen molar-refractivity contribution < 1.29 is 0 Å². The summed E-state index contributed by atoms with van der Waals surface area (Å²) in [5.74, 6) is 4.02. The second kappa shape index (κ2) is 7.17. The molecule has 0 aromatic heterocycles. The van der Waals surface area contributed by atoms with Gasteiger partial charge >= 0.3 is 0 Å². The summed E-state index contributed by atoms with van der Waals surface area (Å²) >= 11 is 4.31. The number of rotatable bonds is 4. The van der Waals surface area contributed by atoms with E-state index in [1.807, 2.05) is 0 Å². The number of thioether (sulfide) groups is 2. The van der Waals surface area contributed by atoms with Gasteiger partial charge in [-0.25, -0.2) is 0 Å². The van der Waals surface area contributed by atoms with Crippen molar-refractivity contribution in [3.05, 3.63) is 0 Å². The Morgan fingerprint density at radius 1 is 1.12 bits per heavy atom. The van der Waals surface area contributed by atoms with Gasteiger partial charge in [0.25, 0.3) is 0 Å². The maximum absolute atomic E-state index is 3.96. The van der Waals surface area contributed by atoms with Crippen LogP contribution in [0, 0.1) is 0 Å². The zero-order chi connectivity index (χ0) is 11.2. The number of nitrogens with one attached hydrogen (secondary N) is 1. The molecule has 0 bridgehead atoms. The summed E-state index contributed by atoms with van der Waals surface area (Å²) in [5, 5.41) is 4.86. The predicted octanol–water partition coefficient (Wildman–Crippen LogP) is 3.54. The molecule has 2 rings (SSSR count). The minimum Gasteiger partial charge on any atom is -0.310 e. The fourth-order valence-electron chi connectivity index (χ4n) is 2.87. The second-order valence-corrected chi connectivity index (χ2v) is 7.68. The summed E-state index contributed by atoms with van der Waals surface area (Å²) in [6.07, 6.45) is 8.55. The molecule has 0 aromatic rings. The van der Waals surface area contributed by atoms with Crippen LogP contribution in [-0.4, -0.2) is 34.6 Å². The van der Waals surface area contributed by atoms with Crippen molar-refractivity contribution in [2.45, 2.75) is 62.8 Å². The van der Waals surface area contributed by atoms with Gasteiger partial charge in [-0.05, 0) is 42.9 Å². The highest BCUT2D eigenvalue weighted by Gasteiger charge is 2.27. The van der Waals surface area contributed by atoms with Crippen LogP contribution in [0.1, 0.15) is 45.4 Å². The molecule has 0 spiro atoms. The van der Waals surface area contributed by atoms with Gasteiger partial charge in [0.05, 0.1) is 0 Å². The fraction of sp³-hybridized carbons (Fsp3) is 1.00. The Bertz CT molecular complexity index is 190. The largest absolute Gasteiger partial charge is 0.310 e. The van der Waals surface area contributed by atoms with E-state index in [0.717, 1.165) is 17.3 Å². The van der Waals surface area contributed by atoms with E-state index < -0.39 is 0 Å². The topological polar surface area (TPSA) is 12.0 Å². The van der Waals surface area contributed by atoms with E-state index in [0.29, 0.717) is 0 Å². The maximum atomic E-state index is 3.96. The summed E-state index contributed by atoms with van der Waals surface area (Å²) in [7, 11) is 0.